The molecule has 4 aromatic heterocycles. The van der Waals surface area contributed by atoms with Crippen LogP contribution in [0.2, 0.25) is 0 Å². The largest absolute Gasteiger partial charge is 0.457 e. The Balaban J connectivity index is 1.17. The van der Waals surface area contributed by atoms with Crippen molar-refractivity contribution in [1.82, 2.24) is 29.5 Å². The molecule has 0 aliphatic carbocycles. The molecular weight excluding hydrogens is 636 g/mol. The molecule has 0 aliphatic rings. The van der Waals surface area contributed by atoms with E-state index in [1.54, 1.807) is 48.5 Å². The number of halogens is 4. The van der Waals surface area contributed by atoms with Gasteiger partial charge in [0.05, 0.1) is 22.4 Å². The van der Waals surface area contributed by atoms with Gasteiger partial charge in [0.2, 0.25) is 17.8 Å². The first-order valence-corrected chi connectivity index (χ1v) is 14.8. The number of hydrogen-bond donors (Lipinski definition) is 0. The molecule has 0 bridgehead atoms. The molecule has 8 aromatic rings. The summed E-state index contributed by atoms with van der Waals surface area (Å²) >= 11 is 0. The number of hydrogen-bond acceptors (Lipinski definition) is 7. The van der Waals surface area contributed by atoms with E-state index in [4.69, 9.17) is 9.47 Å². The van der Waals surface area contributed by atoms with Crippen molar-refractivity contribution in [3.05, 3.63) is 145 Å². The second kappa shape index (κ2) is 12.2. The minimum Gasteiger partial charge on any atom is -0.457 e. The third-order valence-electron chi connectivity index (χ3n) is 7.64. The van der Waals surface area contributed by atoms with Crippen molar-refractivity contribution in [2.75, 3.05) is 0 Å². The second-order valence-corrected chi connectivity index (χ2v) is 10.9. The zero-order valence-electron chi connectivity index (χ0n) is 25.1. The number of rotatable bonds is 7. The Morgan fingerprint density at radius 1 is 0.490 bits per heavy atom. The van der Waals surface area contributed by atoms with Crippen LogP contribution in [0.4, 0.5) is 17.6 Å². The van der Waals surface area contributed by atoms with Gasteiger partial charge >= 0.3 is 0 Å². The molecule has 0 N–H and O–H groups in total. The number of benzene rings is 4. The van der Waals surface area contributed by atoms with Crippen LogP contribution < -0.4 is 9.47 Å². The first-order chi connectivity index (χ1) is 23.9. The molecule has 238 valence electrons. The van der Waals surface area contributed by atoms with Gasteiger partial charge in [-0.15, -0.1) is 0 Å². The molecule has 4 heterocycles. The molecule has 4 aromatic carbocycles. The Bertz CT molecular complexity index is 2330. The SMILES string of the molecule is Fc1cc(F)nc(-c2cccc(Oc3ccc4c5ccc(Oc6cccc(-c7cc(F)cc(F)n7)c6)cc5n(-c5ncncn5)c4c3)c2)c1. The third-order valence-corrected chi connectivity index (χ3v) is 7.64. The highest BCUT2D eigenvalue weighted by Crippen LogP contribution is 2.38. The summed E-state index contributed by atoms with van der Waals surface area (Å²) in [4.78, 5) is 20.3. The average Bonchev–Trinajstić information content (AvgIpc) is 3.41. The average molecular weight is 657 g/mol. The lowest BCUT2D eigenvalue weighted by Gasteiger charge is -2.10. The van der Waals surface area contributed by atoms with Crippen molar-refractivity contribution in [3.8, 4) is 51.5 Å². The van der Waals surface area contributed by atoms with E-state index in [0.29, 0.717) is 52.2 Å². The quantitative estimate of drug-likeness (QED) is 0.125. The van der Waals surface area contributed by atoms with Crippen LogP contribution in [0.1, 0.15) is 0 Å². The summed E-state index contributed by atoms with van der Waals surface area (Å²) in [5.74, 6) is -1.12. The Hall–Kier alpha value is -6.69. The number of pyridine rings is 2. The van der Waals surface area contributed by atoms with E-state index in [2.05, 4.69) is 24.9 Å². The van der Waals surface area contributed by atoms with Gasteiger partial charge in [-0.05, 0) is 48.5 Å². The molecule has 0 unspecified atom stereocenters. The maximum atomic E-state index is 13.9. The monoisotopic (exact) mass is 656 g/mol. The Labute approximate surface area is 274 Å². The zero-order chi connectivity index (χ0) is 33.5. The summed E-state index contributed by atoms with van der Waals surface area (Å²) < 4.78 is 69.5. The third kappa shape index (κ3) is 5.98. The summed E-state index contributed by atoms with van der Waals surface area (Å²) in [7, 11) is 0. The van der Waals surface area contributed by atoms with Crippen molar-refractivity contribution < 1.29 is 27.0 Å². The van der Waals surface area contributed by atoms with Crippen molar-refractivity contribution in [2.45, 2.75) is 0 Å². The van der Waals surface area contributed by atoms with Crippen molar-refractivity contribution in [1.29, 1.82) is 0 Å². The molecule has 0 amide bonds. The molecule has 0 aliphatic heterocycles. The van der Waals surface area contributed by atoms with Crippen LogP contribution in [0.25, 0.3) is 50.3 Å². The standard InChI is InChI=1S/C37H20F4N6O2/c38-23-13-31(45-35(40)15-23)21-3-1-5-25(11-21)48-27-7-9-29-30-10-8-28(18-34(30)47(33(29)17-27)37-43-19-42-20-44-37)49-26-6-2-4-22(12-26)32-14-24(39)16-36(41)46-32/h1-20H. The summed E-state index contributed by atoms with van der Waals surface area (Å²) in [6.45, 7) is 0. The van der Waals surface area contributed by atoms with Crippen LogP contribution in [0.3, 0.4) is 0 Å². The van der Waals surface area contributed by atoms with E-state index < -0.39 is 23.5 Å². The van der Waals surface area contributed by atoms with Gasteiger partial charge in [-0.2, -0.15) is 8.78 Å². The van der Waals surface area contributed by atoms with Gasteiger partial charge in [0.15, 0.2) is 0 Å². The minimum atomic E-state index is -0.919. The van der Waals surface area contributed by atoms with Gasteiger partial charge in [-0.25, -0.2) is 33.7 Å². The molecular formula is C37H20F4N6O2. The lowest BCUT2D eigenvalue weighted by molar-refractivity contribution is 0.483. The molecule has 0 atom stereocenters. The summed E-state index contributed by atoms with van der Waals surface area (Å²) in [6, 6.07) is 28.4. The van der Waals surface area contributed by atoms with Gasteiger partial charge < -0.3 is 9.47 Å². The maximum Gasteiger partial charge on any atom is 0.237 e. The highest BCUT2D eigenvalue weighted by atomic mass is 19.1. The van der Waals surface area contributed by atoms with Gasteiger partial charge in [-0.1, -0.05) is 24.3 Å². The van der Waals surface area contributed by atoms with Crippen LogP contribution in [0, 0.1) is 23.5 Å². The van der Waals surface area contributed by atoms with Crippen LogP contribution in [-0.4, -0.2) is 29.5 Å². The lowest BCUT2D eigenvalue weighted by atomic mass is 10.1. The number of aromatic nitrogens is 6. The summed E-state index contributed by atoms with van der Waals surface area (Å²) in [6.07, 6.45) is 2.79. The van der Waals surface area contributed by atoms with Gasteiger partial charge in [0.25, 0.3) is 0 Å². The smallest absolute Gasteiger partial charge is 0.237 e. The molecule has 49 heavy (non-hydrogen) atoms. The van der Waals surface area contributed by atoms with Crippen molar-refractivity contribution >= 4 is 21.8 Å². The highest BCUT2D eigenvalue weighted by Gasteiger charge is 2.17. The highest BCUT2D eigenvalue weighted by molar-refractivity contribution is 6.09. The van der Waals surface area contributed by atoms with Crippen LogP contribution in [0.5, 0.6) is 23.0 Å². The number of fused-ring (bicyclic) bond motifs is 3. The van der Waals surface area contributed by atoms with Crippen LogP contribution >= 0.6 is 0 Å². The molecule has 8 rings (SSSR count). The lowest BCUT2D eigenvalue weighted by Crippen LogP contribution is -2.01. The van der Waals surface area contributed by atoms with E-state index >= 15 is 0 Å². The minimum absolute atomic E-state index is 0.137. The molecule has 0 saturated heterocycles. The number of nitrogens with zero attached hydrogens (tertiary/aromatic N) is 6. The molecule has 0 radical (unpaired) electrons. The first kappa shape index (κ1) is 29.7. The normalized spacial score (nSPS) is 11.3. The van der Waals surface area contributed by atoms with Gasteiger partial charge in [-0.3, -0.25) is 4.57 Å². The maximum absolute atomic E-state index is 13.9. The van der Waals surface area contributed by atoms with Crippen molar-refractivity contribution in [3.63, 3.8) is 0 Å². The summed E-state index contributed by atoms with van der Waals surface area (Å²) in [5, 5.41) is 1.76. The van der Waals surface area contributed by atoms with E-state index in [0.717, 1.165) is 33.9 Å². The summed E-state index contributed by atoms with van der Waals surface area (Å²) in [5.41, 5.74) is 2.68. The topological polar surface area (TPSA) is 87.8 Å². The van der Waals surface area contributed by atoms with E-state index in [-0.39, 0.29) is 11.4 Å². The van der Waals surface area contributed by atoms with Crippen LogP contribution in [0.15, 0.2) is 122 Å². The second-order valence-electron chi connectivity index (χ2n) is 10.9. The van der Waals surface area contributed by atoms with E-state index in [9.17, 15) is 17.6 Å². The zero-order valence-corrected chi connectivity index (χ0v) is 25.1. The predicted molar refractivity (Wildman–Crippen MR) is 173 cm³/mol. The Kier molecular flexibility index (Phi) is 7.37. The molecule has 0 saturated carbocycles. The predicted octanol–water partition coefficient (Wildman–Crippen LogP) is 9.23. The van der Waals surface area contributed by atoms with Crippen LogP contribution in [-0.2, 0) is 0 Å². The number of ether oxygens (including phenoxy) is 2. The Morgan fingerprint density at radius 3 is 1.43 bits per heavy atom. The van der Waals surface area contributed by atoms with Crippen molar-refractivity contribution in [2.24, 2.45) is 0 Å². The molecule has 12 heteroatoms. The molecule has 0 spiro atoms. The molecule has 8 nitrogen and oxygen atoms in total. The van der Waals surface area contributed by atoms with E-state index in [1.165, 1.54) is 12.7 Å². The van der Waals surface area contributed by atoms with E-state index in [1.807, 2.05) is 41.0 Å². The fraction of sp³-hybridized carbons (Fsp3) is 0. The van der Waals surface area contributed by atoms with Gasteiger partial charge in [0.1, 0.15) is 47.3 Å². The fourth-order valence-electron chi connectivity index (χ4n) is 5.61. The first-order valence-electron chi connectivity index (χ1n) is 14.8. The Morgan fingerprint density at radius 2 is 0.959 bits per heavy atom. The fourth-order valence-corrected chi connectivity index (χ4v) is 5.61. The van der Waals surface area contributed by atoms with Gasteiger partial charge in [0, 0.05) is 58.3 Å². The molecule has 0 fully saturated rings.